The van der Waals surface area contributed by atoms with Gasteiger partial charge in [-0.05, 0) is 140 Å². The van der Waals surface area contributed by atoms with E-state index >= 15 is 0 Å². The van der Waals surface area contributed by atoms with E-state index < -0.39 is 42.8 Å². The number of benzene rings is 6. The molecule has 0 aliphatic rings. The molecule has 12 rings (SSSR count). The Hall–Kier alpha value is -11.8. The molecule has 0 fully saturated rings. The number of aliphatic hydroxyl groups excluding tert-OH is 2. The molecule has 0 bridgehead atoms. The Kier molecular flexibility index (Phi) is 28.4. The molecule has 12 aromatic rings. The second kappa shape index (κ2) is 38.5. The fourth-order valence-electron chi connectivity index (χ4n) is 11.6. The van der Waals surface area contributed by atoms with Crippen molar-refractivity contribution in [3.05, 3.63) is 218 Å². The van der Waals surface area contributed by atoms with Crippen LogP contribution in [0, 0.1) is 20.8 Å². The molecule has 28 heteroatoms. The maximum absolute atomic E-state index is 13.3. The van der Waals surface area contributed by atoms with Gasteiger partial charge in [-0.1, -0.05) is 61.5 Å². The van der Waals surface area contributed by atoms with E-state index in [9.17, 15) is 42.7 Å². The van der Waals surface area contributed by atoms with E-state index in [0.29, 0.717) is 51.4 Å². The predicted molar refractivity (Wildman–Crippen MR) is 423 cm³/mol. The van der Waals surface area contributed by atoms with E-state index in [1.807, 2.05) is 80.1 Å². The number of ether oxygens (including phenoxy) is 9. The molecule has 6 aromatic heterocycles. The normalized spacial score (nSPS) is 11.4. The number of thiophene rings is 3. The van der Waals surface area contributed by atoms with E-state index in [4.69, 9.17) is 43.0 Å². The minimum absolute atomic E-state index is 0.0269. The van der Waals surface area contributed by atoms with Crippen molar-refractivity contribution < 1.29 is 90.4 Å². The number of carbonyl (C=O) groups excluding carboxylic acids is 6. The number of hydrogen-bond donors (Lipinski definition) is 5. The minimum atomic E-state index is -1.83. The summed E-state index contributed by atoms with van der Waals surface area (Å²) in [5.74, 6) is -0.267. The number of aryl methyl sites for hydroxylation is 4. The van der Waals surface area contributed by atoms with Crippen molar-refractivity contribution in [2.75, 3.05) is 88.9 Å². The first-order chi connectivity index (χ1) is 53.7. The molecule has 111 heavy (non-hydrogen) atoms. The highest BCUT2D eigenvalue weighted by atomic mass is 32.1. The average Bonchev–Trinajstić information content (AvgIpc) is 1.79. The number of carbonyl (C=O) groups is 6. The number of fused-ring (bicyclic) bond motifs is 3. The van der Waals surface area contributed by atoms with E-state index in [0.717, 1.165) is 71.1 Å². The Bertz CT molecular complexity index is 5380. The van der Waals surface area contributed by atoms with E-state index in [-0.39, 0.29) is 90.8 Å². The van der Waals surface area contributed by atoms with Crippen molar-refractivity contribution in [3.8, 4) is 79.8 Å². The number of aliphatic hydroxyl groups is 2. The van der Waals surface area contributed by atoms with E-state index in [1.54, 1.807) is 65.4 Å². The van der Waals surface area contributed by atoms with Gasteiger partial charge in [-0.3, -0.25) is 28.8 Å². The van der Waals surface area contributed by atoms with Gasteiger partial charge in [0.15, 0.2) is 52.3 Å². The maximum Gasteiger partial charge on any atom is 0.253 e. The van der Waals surface area contributed by atoms with Crippen molar-refractivity contribution in [1.29, 1.82) is 0 Å². The molecular formula is C83H80F2N6O17S3. The van der Waals surface area contributed by atoms with E-state index in [1.165, 1.54) is 106 Å². The molecule has 0 saturated carbocycles. The second-order valence-electron chi connectivity index (χ2n) is 24.5. The summed E-state index contributed by atoms with van der Waals surface area (Å²) in [5.41, 5.74) is 10.1. The molecular weight excluding hydrogens is 1490 g/mol. The number of pyridine rings is 3. The first-order valence-corrected chi connectivity index (χ1v) is 37.3. The summed E-state index contributed by atoms with van der Waals surface area (Å²) in [4.78, 5) is 90.9. The third-order valence-corrected chi connectivity index (χ3v) is 20.8. The predicted octanol–water partition coefficient (Wildman–Crippen LogP) is 14.6. The summed E-state index contributed by atoms with van der Waals surface area (Å²) in [6, 6.07) is 41.6. The highest BCUT2D eigenvalue weighted by molar-refractivity contribution is 7.18. The Labute approximate surface area is 650 Å². The Morgan fingerprint density at radius 1 is 0.477 bits per heavy atom. The van der Waals surface area contributed by atoms with Gasteiger partial charge >= 0.3 is 0 Å². The van der Waals surface area contributed by atoms with Crippen LogP contribution in [-0.4, -0.2) is 162 Å². The first kappa shape index (κ1) is 81.7. The van der Waals surface area contributed by atoms with Crippen LogP contribution in [0.3, 0.4) is 0 Å². The molecule has 0 aliphatic carbocycles. The molecule has 2 unspecified atom stereocenters. The van der Waals surface area contributed by atoms with Gasteiger partial charge in [-0.25, -0.2) is 23.7 Å². The number of halogens is 2. The molecule has 576 valence electrons. The zero-order valence-electron chi connectivity index (χ0n) is 62.2. The number of alkyl halides is 2. The zero-order valence-corrected chi connectivity index (χ0v) is 64.7. The smallest absolute Gasteiger partial charge is 0.253 e. The van der Waals surface area contributed by atoms with Crippen molar-refractivity contribution in [2.45, 2.75) is 46.7 Å². The fourth-order valence-corrected chi connectivity index (χ4v) is 14.7. The van der Waals surface area contributed by atoms with Crippen LogP contribution in [0.1, 0.15) is 91.7 Å². The van der Waals surface area contributed by atoms with Gasteiger partial charge in [-0.2, -0.15) is 0 Å². The standard InChI is InChI=1S/C28H27FN2O6S.C28H27FN2O4S.C27H26N2O7S/c1-16-6-5-7-18-19(15-38-27(16)18)26-23(34-2)11-9-20(31-26)21(32)13-30-28(33)17-8-10-22(24(12-17)35-3)37-14-25(29)36-4;1-4-18-12-22(21-16-36-27-17(2)6-5-7-20(21)27)31-23(13-18)24(32)15-30-28(33)19-8-9-25(35-11-10-29)26(14-19)34-3;1-15-5-4-6-17-18(14-37-25(15)17)23-21(34-2)10-8-19(28-23)24(31)27(33)29-26(32)16-7-9-20(36-12-11-30)22(13-16)35-3/h5-12,15,25H,13-14H2,1-4H3,(H,30,33);5-9,12-14,16H,4,10-11,15H2,1-3H3,(H,30,33);4-10,13-14,27,30,33H,11-12H2,1-3H3,(H,29,32). The third kappa shape index (κ3) is 19.6. The molecule has 0 aliphatic heterocycles. The molecule has 6 aromatic carbocycles. The van der Waals surface area contributed by atoms with Crippen LogP contribution in [0.15, 0.2) is 162 Å². The average molecular weight is 1570 g/mol. The van der Waals surface area contributed by atoms with Gasteiger partial charge in [0.1, 0.15) is 66.5 Å². The zero-order chi connectivity index (χ0) is 79.4. The lowest BCUT2D eigenvalue weighted by molar-refractivity contribution is -0.0361. The summed E-state index contributed by atoms with van der Waals surface area (Å²) < 4.78 is 76.4. The van der Waals surface area contributed by atoms with Crippen LogP contribution < -0.4 is 53.8 Å². The van der Waals surface area contributed by atoms with Gasteiger partial charge in [0.05, 0.1) is 60.9 Å². The maximum atomic E-state index is 13.3. The van der Waals surface area contributed by atoms with Gasteiger partial charge in [0, 0.05) is 86.9 Å². The number of nitrogens with one attached hydrogen (secondary N) is 3. The van der Waals surface area contributed by atoms with Crippen molar-refractivity contribution in [1.82, 2.24) is 30.9 Å². The van der Waals surface area contributed by atoms with Crippen LogP contribution in [0.5, 0.6) is 46.0 Å². The lowest BCUT2D eigenvalue weighted by Gasteiger charge is -2.15. The number of amides is 3. The number of hydrogen-bond acceptors (Lipinski definition) is 23. The minimum Gasteiger partial charge on any atom is -0.494 e. The van der Waals surface area contributed by atoms with Gasteiger partial charge in [-0.15, -0.1) is 34.0 Å². The van der Waals surface area contributed by atoms with Crippen molar-refractivity contribution >= 4 is 99.3 Å². The van der Waals surface area contributed by atoms with Gasteiger partial charge < -0.3 is 68.8 Å². The van der Waals surface area contributed by atoms with E-state index in [2.05, 4.69) is 60.1 Å². The summed E-state index contributed by atoms with van der Waals surface area (Å²) in [6.07, 6.45) is -2.68. The summed E-state index contributed by atoms with van der Waals surface area (Å²) >= 11 is 4.84. The fraction of sp³-hybridized carbons (Fsp3) is 0.241. The van der Waals surface area contributed by atoms with Crippen molar-refractivity contribution in [3.63, 3.8) is 0 Å². The molecule has 5 N–H and O–H groups in total. The largest absolute Gasteiger partial charge is 0.494 e. The number of rotatable bonds is 31. The van der Waals surface area contributed by atoms with Crippen molar-refractivity contribution in [2.24, 2.45) is 0 Å². The number of aromatic nitrogens is 3. The Morgan fingerprint density at radius 3 is 1.36 bits per heavy atom. The summed E-state index contributed by atoms with van der Waals surface area (Å²) in [7, 11) is 8.55. The SMILES string of the molecule is CCc1cc(C(=O)CNC(=O)c2ccc(OCCF)c(OC)c2)nc(-c2csc3c(C)cccc23)c1.COc1cc(C(=O)NC(O)C(=O)c2ccc(OC)c(-c3csc4c(C)cccc34)n2)ccc1OCCO.COc1cc(C(=O)NCC(=O)c2ccc(OC)c(-c3csc4c(C)cccc34)n2)ccc1OCC(F)OC. The number of nitrogens with zero attached hydrogens (tertiary/aromatic N) is 3. The Balaban J connectivity index is 0.000000177. The first-order valence-electron chi connectivity index (χ1n) is 34.6. The summed E-state index contributed by atoms with van der Waals surface area (Å²) in [5, 5.41) is 36.2. The highest BCUT2D eigenvalue weighted by Gasteiger charge is 2.27. The Morgan fingerprint density at radius 2 is 0.901 bits per heavy atom. The number of Topliss-reactive ketones (excluding diaryl/α,β-unsaturated/α-hetero) is 3. The lowest BCUT2D eigenvalue weighted by atomic mass is 10.0. The summed E-state index contributed by atoms with van der Waals surface area (Å²) in [6.45, 7) is 6.53. The molecule has 3 amide bonds. The highest BCUT2D eigenvalue weighted by Crippen LogP contribution is 2.42. The molecule has 2 atom stereocenters. The van der Waals surface area contributed by atoms with Crippen LogP contribution in [0.2, 0.25) is 0 Å². The molecule has 6 heterocycles. The monoisotopic (exact) mass is 1570 g/mol. The lowest BCUT2D eigenvalue weighted by Crippen LogP contribution is -2.41. The molecule has 0 radical (unpaired) electrons. The number of ketones is 3. The molecule has 0 spiro atoms. The van der Waals surface area contributed by atoms with Gasteiger partial charge in [0.25, 0.3) is 17.7 Å². The van der Waals surface area contributed by atoms with Crippen LogP contribution >= 0.6 is 34.0 Å². The molecule has 23 nitrogen and oxygen atoms in total. The molecule has 0 saturated heterocycles. The van der Waals surface area contributed by atoms with Gasteiger partial charge in [0.2, 0.25) is 12.1 Å². The second-order valence-corrected chi connectivity index (χ2v) is 27.2. The third-order valence-electron chi connectivity index (χ3n) is 17.4. The quantitative estimate of drug-likeness (QED) is 0.0199. The van der Waals surface area contributed by atoms with Crippen LogP contribution in [0.4, 0.5) is 8.78 Å². The van der Waals surface area contributed by atoms with Crippen LogP contribution in [-0.2, 0) is 11.2 Å². The topological polar surface area (TPSA) is 301 Å². The van der Waals surface area contributed by atoms with Crippen LogP contribution in [0.25, 0.3) is 64.0 Å². The number of methoxy groups -OCH3 is 6.